The van der Waals surface area contributed by atoms with E-state index in [4.69, 9.17) is 0 Å². The molecule has 0 bridgehead atoms. The molecule has 0 amide bonds. The van der Waals surface area contributed by atoms with Crippen LogP contribution in [0.2, 0.25) is 0 Å². The molecule has 1 aliphatic rings. The first kappa shape index (κ1) is 9.01. The summed E-state index contributed by atoms with van der Waals surface area (Å²) in [6, 6.07) is 0.773. The van der Waals surface area contributed by atoms with E-state index in [1.54, 1.807) is 0 Å². The summed E-state index contributed by atoms with van der Waals surface area (Å²) in [5.74, 6) is 0. The molecule has 2 nitrogen and oxygen atoms in total. The van der Waals surface area contributed by atoms with E-state index in [0.717, 1.165) is 6.04 Å². The van der Waals surface area contributed by atoms with Crippen LogP contribution in [-0.2, 0) is 0 Å². The standard InChI is InChI=1S/C9H20N2/c1-3-11(4-2)8-9-6-5-7-10-9/h9-10H,3-8H2,1-2H3/t9-/m0/s1. The zero-order valence-corrected chi connectivity index (χ0v) is 7.77. The molecule has 66 valence electrons. The van der Waals surface area contributed by atoms with E-state index >= 15 is 0 Å². The van der Waals surface area contributed by atoms with Gasteiger partial charge in [0.15, 0.2) is 0 Å². The maximum absolute atomic E-state index is 3.51. The normalized spacial score (nSPS) is 24.8. The van der Waals surface area contributed by atoms with Gasteiger partial charge in [0.2, 0.25) is 0 Å². The highest BCUT2D eigenvalue weighted by Crippen LogP contribution is 2.06. The lowest BCUT2D eigenvalue weighted by Gasteiger charge is -2.22. The Kier molecular flexibility index (Phi) is 3.87. The Labute approximate surface area is 70.0 Å². The fourth-order valence-corrected chi connectivity index (χ4v) is 1.71. The Morgan fingerprint density at radius 3 is 2.55 bits per heavy atom. The van der Waals surface area contributed by atoms with Crippen LogP contribution in [0.1, 0.15) is 26.7 Å². The highest BCUT2D eigenvalue weighted by Gasteiger charge is 2.15. The van der Waals surface area contributed by atoms with Gasteiger partial charge in [-0.15, -0.1) is 0 Å². The van der Waals surface area contributed by atoms with Gasteiger partial charge in [0.25, 0.3) is 0 Å². The number of rotatable bonds is 4. The lowest BCUT2D eigenvalue weighted by atomic mass is 10.2. The van der Waals surface area contributed by atoms with Crippen molar-refractivity contribution in [3.8, 4) is 0 Å². The van der Waals surface area contributed by atoms with Crippen molar-refractivity contribution >= 4 is 0 Å². The van der Waals surface area contributed by atoms with Gasteiger partial charge in [-0.25, -0.2) is 0 Å². The summed E-state index contributed by atoms with van der Waals surface area (Å²) in [5.41, 5.74) is 0. The summed E-state index contributed by atoms with van der Waals surface area (Å²) < 4.78 is 0. The quantitative estimate of drug-likeness (QED) is 0.655. The molecule has 1 fully saturated rings. The Morgan fingerprint density at radius 1 is 1.36 bits per heavy atom. The maximum atomic E-state index is 3.51. The second-order valence-electron chi connectivity index (χ2n) is 3.28. The summed E-state index contributed by atoms with van der Waals surface area (Å²) in [6.07, 6.45) is 2.74. The van der Waals surface area contributed by atoms with E-state index in [1.165, 1.54) is 39.0 Å². The molecule has 0 aliphatic carbocycles. The van der Waals surface area contributed by atoms with Gasteiger partial charge in [-0.3, -0.25) is 0 Å². The van der Waals surface area contributed by atoms with Crippen molar-refractivity contribution in [1.82, 2.24) is 10.2 Å². The third-order valence-corrected chi connectivity index (χ3v) is 2.54. The fraction of sp³-hybridized carbons (Fsp3) is 1.00. The smallest absolute Gasteiger partial charge is 0.0195 e. The largest absolute Gasteiger partial charge is 0.313 e. The highest BCUT2D eigenvalue weighted by molar-refractivity contribution is 4.76. The highest BCUT2D eigenvalue weighted by atomic mass is 15.1. The molecule has 0 aromatic rings. The summed E-state index contributed by atoms with van der Waals surface area (Å²) in [7, 11) is 0. The summed E-state index contributed by atoms with van der Waals surface area (Å²) in [6.45, 7) is 9.32. The molecule has 0 aromatic heterocycles. The third kappa shape index (κ3) is 2.80. The van der Waals surface area contributed by atoms with Gasteiger partial charge in [0.05, 0.1) is 0 Å². The van der Waals surface area contributed by atoms with Gasteiger partial charge in [-0.2, -0.15) is 0 Å². The molecule has 0 aromatic carbocycles. The molecule has 0 saturated carbocycles. The van der Waals surface area contributed by atoms with Gasteiger partial charge in [-0.05, 0) is 32.5 Å². The molecule has 11 heavy (non-hydrogen) atoms. The lowest BCUT2D eigenvalue weighted by molar-refractivity contribution is 0.274. The van der Waals surface area contributed by atoms with Crippen molar-refractivity contribution in [2.75, 3.05) is 26.2 Å². The first-order chi connectivity index (χ1) is 5.36. The Bertz CT molecular complexity index is 93.7. The number of hydrogen-bond donors (Lipinski definition) is 1. The molecule has 1 rings (SSSR count). The molecule has 0 radical (unpaired) electrons. The van der Waals surface area contributed by atoms with E-state index in [9.17, 15) is 0 Å². The Morgan fingerprint density at radius 2 is 2.09 bits per heavy atom. The molecule has 1 N–H and O–H groups in total. The first-order valence-corrected chi connectivity index (χ1v) is 4.82. The van der Waals surface area contributed by atoms with Crippen molar-refractivity contribution in [2.45, 2.75) is 32.7 Å². The lowest BCUT2D eigenvalue weighted by Crippen LogP contribution is -2.37. The van der Waals surface area contributed by atoms with Gasteiger partial charge in [0.1, 0.15) is 0 Å². The Balaban J connectivity index is 2.16. The molecule has 1 atom stereocenters. The fourth-order valence-electron chi connectivity index (χ4n) is 1.71. The monoisotopic (exact) mass is 156 g/mol. The predicted octanol–water partition coefficient (Wildman–Crippen LogP) is 1.08. The zero-order chi connectivity index (χ0) is 8.10. The minimum Gasteiger partial charge on any atom is -0.313 e. The van der Waals surface area contributed by atoms with Crippen molar-refractivity contribution < 1.29 is 0 Å². The van der Waals surface area contributed by atoms with E-state index in [1.807, 2.05) is 0 Å². The van der Waals surface area contributed by atoms with Crippen LogP contribution in [0.3, 0.4) is 0 Å². The van der Waals surface area contributed by atoms with Gasteiger partial charge >= 0.3 is 0 Å². The van der Waals surface area contributed by atoms with E-state index in [-0.39, 0.29) is 0 Å². The van der Waals surface area contributed by atoms with Gasteiger partial charge in [0, 0.05) is 12.6 Å². The van der Waals surface area contributed by atoms with Crippen LogP contribution in [-0.4, -0.2) is 37.1 Å². The topological polar surface area (TPSA) is 15.3 Å². The SMILES string of the molecule is CCN(CC)C[C@@H]1CCCN1. The van der Waals surface area contributed by atoms with Crippen LogP contribution in [0.15, 0.2) is 0 Å². The van der Waals surface area contributed by atoms with Crippen LogP contribution in [0.4, 0.5) is 0 Å². The van der Waals surface area contributed by atoms with Crippen LogP contribution < -0.4 is 5.32 Å². The van der Waals surface area contributed by atoms with Crippen LogP contribution in [0, 0.1) is 0 Å². The van der Waals surface area contributed by atoms with Gasteiger partial charge in [-0.1, -0.05) is 13.8 Å². The summed E-state index contributed by atoms with van der Waals surface area (Å²) in [5, 5.41) is 3.51. The summed E-state index contributed by atoms with van der Waals surface area (Å²) in [4.78, 5) is 2.49. The number of hydrogen-bond acceptors (Lipinski definition) is 2. The van der Waals surface area contributed by atoms with E-state index < -0.39 is 0 Å². The van der Waals surface area contributed by atoms with Crippen LogP contribution >= 0.6 is 0 Å². The second kappa shape index (κ2) is 4.73. The van der Waals surface area contributed by atoms with E-state index in [0.29, 0.717) is 0 Å². The molecule has 1 saturated heterocycles. The minimum atomic E-state index is 0.773. The third-order valence-electron chi connectivity index (χ3n) is 2.54. The maximum Gasteiger partial charge on any atom is 0.0195 e. The number of nitrogens with zero attached hydrogens (tertiary/aromatic N) is 1. The average molecular weight is 156 g/mol. The molecular weight excluding hydrogens is 136 g/mol. The second-order valence-corrected chi connectivity index (χ2v) is 3.28. The number of likely N-dealkylation sites (N-methyl/N-ethyl adjacent to an activating group) is 1. The van der Waals surface area contributed by atoms with Crippen molar-refractivity contribution in [3.63, 3.8) is 0 Å². The molecule has 1 aliphatic heterocycles. The molecule has 0 spiro atoms. The van der Waals surface area contributed by atoms with Crippen LogP contribution in [0.25, 0.3) is 0 Å². The molecule has 0 unspecified atom stereocenters. The van der Waals surface area contributed by atoms with Crippen molar-refractivity contribution in [1.29, 1.82) is 0 Å². The number of nitrogens with one attached hydrogen (secondary N) is 1. The zero-order valence-electron chi connectivity index (χ0n) is 7.77. The summed E-state index contributed by atoms with van der Waals surface area (Å²) >= 11 is 0. The minimum absolute atomic E-state index is 0.773. The van der Waals surface area contributed by atoms with Gasteiger partial charge < -0.3 is 10.2 Å². The van der Waals surface area contributed by atoms with Crippen molar-refractivity contribution in [2.24, 2.45) is 0 Å². The molecular formula is C9H20N2. The average Bonchev–Trinajstić information content (AvgIpc) is 2.52. The first-order valence-electron chi connectivity index (χ1n) is 4.82. The van der Waals surface area contributed by atoms with Crippen molar-refractivity contribution in [3.05, 3.63) is 0 Å². The molecule has 2 heteroatoms. The van der Waals surface area contributed by atoms with E-state index in [2.05, 4.69) is 24.1 Å². The Hall–Kier alpha value is -0.0800. The predicted molar refractivity (Wildman–Crippen MR) is 48.8 cm³/mol. The molecule has 1 heterocycles. The van der Waals surface area contributed by atoms with Crippen LogP contribution in [0.5, 0.6) is 0 Å².